The molecule has 9 aromatic rings. The van der Waals surface area contributed by atoms with Crippen molar-refractivity contribution in [1.82, 2.24) is 19.9 Å². The summed E-state index contributed by atoms with van der Waals surface area (Å²) < 4.78 is 185. The van der Waals surface area contributed by atoms with Gasteiger partial charge in [-0.3, -0.25) is 37.1 Å². The summed E-state index contributed by atoms with van der Waals surface area (Å²) in [5.74, 6) is -6.47. The number of aromatic amines is 1. The van der Waals surface area contributed by atoms with E-state index < -0.39 is 178 Å². The fourth-order valence-electron chi connectivity index (χ4n) is 9.06. The van der Waals surface area contributed by atoms with Crippen LogP contribution in [-0.4, -0.2) is 113 Å². The molecule has 0 bridgehead atoms. The highest BCUT2D eigenvalue weighted by Crippen LogP contribution is 2.49. The number of nitrogens with one attached hydrogen (secondary N) is 4. The number of pyridine rings is 1. The van der Waals surface area contributed by atoms with Crippen molar-refractivity contribution in [3.8, 4) is 39.8 Å². The van der Waals surface area contributed by atoms with Gasteiger partial charge in [0.25, 0.3) is 56.1 Å². The predicted octanol–water partition coefficient (Wildman–Crippen LogP) is 6.48. The van der Waals surface area contributed by atoms with Gasteiger partial charge in [-0.1, -0.05) is 66.7 Å². The van der Waals surface area contributed by atoms with Crippen molar-refractivity contribution in [2.45, 2.75) is 24.5 Å². The van der Waals surface area contributed by atoms with Gasteiger partial charge in [0.15, 0.2) is 17.3 Å². The number of aromatic nitrogens is 4. The summed E-state index contributed by atoms with van der Waals surface area (Å²) in [5, 5.41) is 27.3. The molecule has 34 heteroatoms. The zero-order valence-electron chi connectivity index (χ0n) is 41.8. The van der Waals surface area contributed by atoms with E-state index in [9.17, 15) is 89.4 Å². The van der Waals surface area contributed by atoms with Gasteiger partial charge in [0, 0.05) is 28.1 Å². The number of hydrogen-bond acceptors (Lipinski definition) is 22. The standard InChI is InChI=1S/C51H33N7O22S5/c59-45(25-6-5-7-27(18-25)82(68,69)70)43-40-28-8-1-2-9-29(28)46(60)41-34(21-36(44(42(40)41)55-47(43)61)80-35-17-14-24(19-39(35)85(77,78)79)23-12-15-26(16-13-23)81(65,66)67)52-32-20-33(38(84(74,75)76)22-37(32)83(71,72)73)54-50-56-49(57-51(64)58-50)53-31-11-4-3-10-30(31)48(62)63/h1-22,52H,(H,55,61)(H,62,63)(H,65,66,67)(H,68,69,70)(H,71,72,73)(H,74,75,76)(H,77,78,79)(H3,53,54,56,57,58,64). The Balaban J connectivity index is 1.23. The second kappa shape index (κ2) is 21.1. The van der Waals surface area contributed by atoms with Crippen LogP contribution in [-0.2, 0) is 50.6 Å². The predicted molar refractivity (Wildman–Crippen MR) is 296 cm³/mol. The molecule has 2 heterocycles. The smallest absolute Gasteiger partial charge is 0.337 e. The molecule has 1 aliphatic rings. The molecule has 0 radical (unpaired) electrons. The fourth-order valence-corrected chi connectivity index (χ4v) is 12.1. The minimum Gasteiger partial charge on any atom is -0.479 e. The number of H-pyrrole nitrogens is 1. The number of benzene rings is 7. The highest BCUT2D eigenvalue weighted by atomic mass is 32.2. The van der Waals surface area contributed by atoms with Crippen molar-refractivity contribution in [3.05, 3.63) is 172 Å². The van der Waals surface area contributed by atoms with Gasteiger partial charge >= 0.3 is 12.0 Å². The number of ketones is 2. The van der Waals surface area contributed by atoms with Crippen LogP contribution in [0.5, 0.6) is 17.5 Å². The van der Waals surface area contributed by atoms with Gasteiger partial charge in [-0.05, 0) is 77.4 Å². The average Bonchev–Trinajstić information content (AvgIpc) is 1.24. The average molecular weight is 1260 g/mol. The quantitative estimate of drug-likeness (QED) is 0.0343. The first-order valence-electron chi connectivity index (χ1n) is 23.4. The van der Waals surface area contributed by atoms with E-state index in [1.165, 1.54) is 66.7 Å². The van der Waals surface area contributed by atoms with E-state index in [1.54, 1.807) is 0 Å². The molecule has 0 unspecified atom stereocenters. The number of aromatic carboxylic acids is 1. The first kappa shape index (κ1) is 58.3. The van der Waals surface area contributed by atoms with Gasteiger partial charge in [-0.2, -0.15) is 57.0 Å². The highest BCUT2D eigenvalue weighted by molar-refractivity contribution is 7.87. The van der Waals surface area contributed by atoms with Gasteiger partial charge in [-0.15, -0.1) is 0 Å². The van der Waals surface area contributed by atoms with E-state index >= 15 is 4.79 Å². The third-order valence-electron chi connectivity index (χ3n) is 12.7. The van der Waals surface area contributed by atoms with Crippen molar-refractivity contribution < 1.29 is 94.2 Å². The Bertz CT molecular complexity index is 5100. The zero-order valence-corrected chi connectivity index (χ0v) is 45.9. The van der Waals surface area contributed by atoms with Crippen LogP contribution in [0.2, 0.25) is 0 Å². The Morgan fingerprint density at radius 2 is 1.07 bits per heavy atom. The van der Waals surface area contributed by atoms with E-state index in [0.717, 1.165) is 54.6 Å². The van der Waals surface area contributed by atoms with Crippen LogP contribution >= 0.6 is 0 Å². The number of carboxylic acids is 1. The second-order valence-corrected chi connectivity index (χ2v) is 25.0. The van der Waals surface area contributed by atoms with E-state index in [0.29, 0.717) is 6.07 Å². The molecule has 0 atom stereocenters. The number of nitrogens with zero attached hydrogens (tertiary/aromatic N) is 3. The summed E-state index contributed by atoms with van der Waals surface area (Å²) >= 11 is 0. The molecule has 0 saturated heterocycles. The molecule has 0 aliphatic heterocycles. The van der Waals surface area contributed by atoms with Crippen LogP contribution in [0.15, 0.2) is 163 Å². The number of fused-ring (bicyclic) bond motifs is 2. The van der Waals surface area contributed by atoms with Crippen LogP contribution in [0.4, 0.5) is 34.6 Å². The molecule has 434 valence electrons. The molecule has 0 amide bonds. The Morgan fingerprint density at radius 3 is 1.68 bits per heavy atom. The summed E-state index contributed by atoms with van der Waals surface area (Å²) in [6.07, 6.45) is 0. The molecule has 10 rings (SSSR count). The summed E-state index contributed by atoms with van der Waals surface area (Å²) in [4.78, 5) is 65.2. The number of carbonyl (C=O) groups is 3. The molecule has 0 fully saturated rings. The summed E-state index contributed by atoms with van der Waals surface area (Å²) in [6.45, 7) is 0. The maximum absolute atomic E-state index is 15.1. The van der Waals surface area contributed by atoms with E-state index in [2.05, 4.69) is 35.9 Å². The number of anilines is 6. The van der Waals surface area contributed by atoms with Gasteiger partial charge in [0.2, 0.25) is 11.9 Å². The van der Waals surface area contributed by atoms with Gasteiger partial charge < -0.3 is 35.9 Å². The van der Waals surface area contributed by atoms with Crippen LogP contribution in [0, 0.1) is 0 Å². The third kappa shape index (κ3) is 11.5. The Hall–Kier alpha value is -9.88. The van der Waals surface area contributed by atoms with Gasteiger partial charge in [-0.25, -0.2) is 4.79 Å². The number of hydrogen-bond donors (Lipinski definition) is 11. The van der Waals surface area contributed by atoms with E-state index in [4.69, 9.17) is 4.74 Å². The highest BCUT2D eigenvalue weighted by Gasteiger charge is 2.37. The SMILES string of the molecule is O=C(O)c1ccccc1Nc1nc(O)nc(Nc2cc(Nc3cc(Oc4ccc(-c5ccc(S(=O)(=O)O)cc5)cc4S(=O)(=O)O)c4[nH]c(=O)c(C(=O)c5cccc(S(=O)(=O)O)c5)c5c4c3C(=O)c3ccccc3-5)c(S(=O)(=O)O)cc2S(=O)(=O)O)n1. The number of carboxylic acid groups (broad SMARTS) is 1. The van der Waals surface area contributed by atoms with Crippen LogP contribution in [0.3, 0.4) is 0 Å². The Kier molecular flexibility index (Phi) is 14.5. The first-order valence-corrected chi connectivity index (χ1v) is 30.6. The summed E-state index contributed by atoms with van der Waals surface area (Å²) in [6, 6.07) is 22.3. The molecule has 11 N–H and O–H groups in total. The lowest BCUT2D eigenvalue weighted by Gasteiger charge is -2.26. The number of ether oxygens (including phenoxy) is 1. The van der Waals surface area contributed by atoms with Crippen molar-refractivity contribution in [1.29, 1.82) is 0 Å². The lowest BCUT2D eigenvalue weighted by Crippen LogP contribution is -2.24. The maximum Gasteiger partial charge on any atom is 0.337 e. The number of aromatic hydroxyl groups is 1. The molecular formula is C51H33N7O22S5. The van der Waals surface area contributed by atoms with Crippen LogP contribution in [0.1, 0.15) is 42.2 Å². The Labute approximate surface area is 477 Å². The molecule has 2 aromatic heterocycles. The molecule has 0 saturated carbocycles. The molecule has 85 heavy (non-hydrogen) atoms. The van der Waals surface area contributed by atoms with Crippen molar-refractivity contribution >= 4 is 114 Å². The monoisotopic (exact) mass is 1260 g/mol. The van der Waals surface area contributed by atoms with Crippen molar-refractivity contribution in [3.63, 3.8) is 0 Å². The molecule has 1 aliphatic carbocycles. The minimum absolute atomic E-state index is 0.0168. The lowest BCUT2D eigenvalue weighted by atomic mass is 9.80. The number of rotatable bonds is 17. The fraction of sp³-hybridized carbons (Fsp3) is 0. The normalized spacial score (nSPS) is 12.6. The van der Waals surface area contributed by atoms with Crippen LogP contribution < -0.4 is 26.2 Å². The number of carbonyl (C=O) groups excluding carboxylic acids is 2. The minimum atomic E-state index is -5.70. The largest absolute Gasteiger partial charge is 0.479 e. The molecule has 7 aromatic carbocycles. The van der Waals surface area contributed by atoms with E-state index in [1.807, 2.05) is 0 Å². The van der Waals surface area contributed by atoms with Crippen LogP contribution in [0.25, 0.3) is 33.2 Å². The van der Waals surface area contributed by atoms with E-state index in [-0.39, 0.29) is 39.6 Å². The number of para-hydroxylation sites is 1. The molecule has 0 spiro atoms. The third-order valence-corrected chi connectivity index (χ3v) is 17.0. The lowest BCUT2D eigenvalue weighted by molar-refractivity contribution is 0.0697. The van der Waals surface area contributed by atoms with Crippen molar-refractivity contribution in [2.24, 2.45) is 0 Å². The first-order chi connectivity index (χ1) is 39.8. The van der Waals surface area contributed by atoms with Gasteiger partial charge in [0.1, 0.15) is 20.4 Å². The molecule has 29 nitrogen and oxygen atoms in total. The maximum atomic E-state index is 15.1. The zero-order chi connectivity index (χ0) is 61.5. The second-order valence-electron chi connectivity index (χ2n) is 18.0. The van der Waals surface area contributed by atoms with Crippen molar-refractivity contribution in [2.75, 3.05) is 16.0 Å². The topological polar surface area (TPSA) is 480 Å². The summed E-state index contributed by atoms with van der Waals surface area (Å²) in [7, 11) is -26.4. The van der Waals surface area contributed by atoms with Gasteiger partial charge in [0.05, 0.1) is 54.7 Å². The summed E-state index contributed by atoms with van der Waals surface area (Å²) in [5.41, 5.74) is -7.34. The Morgan fingerprint density at radius 1 is 0.494 bits per heavy atom. The molecular weight excluding hydrogens is 1220 g/mol.